The number of carbonyl (C=O) groups excluding carboxylic acids is 1. The molecule has 1 unspecified atom stereocenters. The third kappa shape index (κ3) is 4.05. The summed E-state index contributed by atoms with van der Waals surface area (Å²) in [5.74, 6) is 0.620. The lowest BCUT2D eigenvalue weighted by atomic mass is 9.87. The monoisotopic (exact) mass is 219 g/mol. The van der Waals surface area contributed by atoms with Crippen LogP contribution in [0.15, 0.2) is 24.3 Å². The van der Waals surface area contributed by atoms with Crippen LogP contribution < -0.4 is 5.73 Å². The van der Waals surface area contributed by atoms with E-state index >= 15 is 0 Å². The van der Waals surface area contributed by atoms with Gasteiger partial charge in [-0.15, -0.1) is 0 Å². The van der Waals surface area contributed by atoms with Crippen LogP contribution in [0.3, 0.4) is 0 Å². The van der Waals surface area contributed by atoms with Gasteiger partial charge in [0.1, 0.15) is 0 Å². The van der Waals surface area contributed by atoms with Gasteiger partial charge in [-0.25, -0.2) is 0 Å². The van der Waals surface area contributed by atoms with Crippen molar-refractivity contribution < 1.29 is 4.79 Å². The number of primary amides is 1. The summed E-state index contributed by atoms with van der Waals surface area (Å²) in [5.41, 5.74) is 7.76. The molecule has 0 fully saturated rings. The van der Waals surface area contributed by atoms with Gasteiger partial charge in [-0.1, -0.05) is 43.7 Å². The predicted molar refractivity (Wildman–Crippen MR) is 67.2 cm³/mol. The molecule has 0 saturated heterocycles. The summed E-state index contributed by atoms with van der Waals surface area (Å²) in [5, 5.41) is 0. The third-order valence-electron chi connectivity index (χ3n) is 2.75. The molecule has 16 heavy (non-hydrogen) atoms. The molecule has 1 amide bonds. The second kappa shape index (κ2) is 5.69. The maximum Gasteiger partial charge on any atom is 0.218 e. The molecule has 1 aromatic rings. The smallest absolute Gasteiger partial charge is 0.218 e. The summed E-state index contributed by atoms with van der Waals surface area (Å²) in [4.78, 5) is 11.1. The molecule has 88 valence electrons. The summed E-state index contributed by atoms with van der Waals surface area (Å²) in [6.45, 7) is 6.40. The molecule has 0 aliphatic rings. The average molecular weight is 219 g/mol. The lowest BCUT2D eigenvalue weighted by Crippen LogP contribution is -2.16. The minimum atomic E-state index is -0.216. The zero-order valence-electron chi connectivity index (χ0n) is 10.4. The molecule has 1 rings (SSSR count). The molecule has 0 aliphatic carbocycles. The minimum absolute atomic E-state index is 0.216. The lowest BCUT2D eigenvalue weighted by molar-refractivity contribution is -0.118. The van der Waals surface area contributed by atoms with E-state index in [1.54, 1.807) is 0 Å². The highest BCUT2D eigenvalue weighted by Crippen LogP contribution is 2.27. The molecule has 2 nitrogen and oxygen atoms in total. The number of benzene rings is 1. The number of hydrogen-bond donors (Lipinski definition) is 1. The van der Waals surface area contributed by atoms with Gasteiger partial charge in [0, 0.05) is 6.42 Å². The van der Waals surface area contributed by atoms with E-state index in [9.17, 15) is 4.79 Å². The maximum absolute atomic E-state index is 11.1. The van der Waals surface area contributed by atoms with Gasteiger partial charge < -0.3 is 5.73 Å². The Kier molecular flexibility index (Phi) is 4.53. The van der Waals surface area contributed by atoms with Crippen molar-refractivity contribution in [3.8, 4) is 0 Å². The Labute approximate surface area is 97.9 Å². The van der Waals surface area contributed by atoms with E-state index in [0.717, 1.165) is 6.42 Å². The molecule has 0 aliphatic heterocycles. The fourth-order valence-electron chi connectivity index (χ4n) is 1.99. The van der Waals surface area contributed by atoms with E-state index in [1.807, 2.05) is 0 Å². The third-order valence-corrected chi connectivity index (χ3v) is 2.75. The summed E-state index contributed by atoms with van der Waals surface area (Å²) in [7, 11) is 0. The Balaban J connectivity index is 2.82. The Morgan fingerprint density at radius 3 is 2.25 bits per heavy atom. The first-order valence-electron chi connectivity index (χ1n) is 5.84. The van der Waals surface area contributed by atoms with Crippen LogP contribution in [0.25, 0.3) is 0 Å². The second-order valence-corrected chi connectivity index (χ2v) is 4.91. The Bertz CT molecular complexity index is 340. The van der Waals surface area contributed by atoms with Gasteiger partial charge in [0.25, 0.3) is 0 Å². The van der Waals surface area contributed by atoms with Crippen LogP contribution in [0.1, 0.15) is 43.7 Å². The van der Waals surface area contributed by atoms with Gasteiger partial charge in [0.05, 0.1) is 0 Å². The van der Waals surface area contributed by atoms with Crippen LogP contribution in [-0.4, -0.2) is 5.91 Å². The molecular weight excluding hydrogens is 198 g/mol. The molecule has 2 heteroatoms. The second-order valence-electron chi connectivity index (χ2n) is 4.91. The quantitative estimate of drug-likeness (QED) is 0.812. The molecule has 0 bridgehead atoms. The lowest BCUT2D eigenvalue weighted by Gasteiger charge is -2.18. The van der Waals surface area contributed by atoms with Crippen LogP contribution in [0.4, 0.5) is 0 Å². The fourth-order valence-corrected chi connectivity index (χ4v) is 1.99. The highest BCUT2D eigenvalue weighted by molar-refractivity contribution is 5.74. The van der Waals surface area contributed by atoms with Gasteiger partial charge >= 0.3 is 0 Å². The Hall–Kier alpha value is -1.31. The van der Waals surface area contributed by atoms with Crippen LogP contribution in [0.5, 0.6) is 0 Å². The van der Waals surface area contributed by atoms with Crippen molar-refractivity contribution in [2.75, 3.05) is 0 Å². The van der Waals surface area contributed by atoms with E-state index in [1.165, 1.54) is 11.1 Å². The highest BCUT2D eigenvalue weighted by Gasteiger charge is 2.15. The number of aryl methyl sites for hydroxylation is 1. The SMILES string of the molecule is Cc1ccc(C(CC(N)=O)CC(C)C)cc1. The summed E-state index contributed by atoms with van der Waals surface area (Å²) < 4.78 is 0. The molecular formula is C14H21NO. The summed E-state index contributed by atoms with van der Waals surface area (Å²) >= 11 is 0. The van der Waals surface area contributed by atoms with Crippen molar-refractivity contribution in [2.24, 2.45) is 11.7 Å². The van der Waals surface area contributed by atoms with Crippen molar-refractivity contribution in [2.45, 2.75) is 39.5 Å². The van der Waals surface area contributed by atoms with E-state index in [-0.39, 0.29) is 11.8 Å². The minimum Gasteiger partial charge on any atom is -0.370 e. The first-order chi connectivity index (χ1) is 7.49. The Morgan fingerprint density at radius 1 is 1.25 bits per heavy atom. The molecule has 0 aromatic heterocycles. The van der Waals surface area contributed by atoms with Crippen molar-refractivity contribution in [3.63, 3.8) is 0 Å². The van der Waals surface area contributed by atoms with Gasteiger partial charge in [-0.05, 0) is 30.7 Å². The summed E-state index contributed by atoms with van der Waals surface area (Å²) in [6.07, 6.45) is 1.45. The zero-order valence-corrected chi connectivity index (χ0v) is 10.4. The van der Waals surface area contributed by atoms with E-state index in [4.69, 9.17) is 5.73 Å². The van der Waals surface area contributed by atoms with Gasteiger partial charge in [0.2, 0.25) is 5.91 Å². The first kappa shape index (κ1) is 12.8. The van der Waals surface area contributed by atoms with E-state index < -0.39 is 0 Å². The standard InChI is InChI=1S/C14H21NO/c1-10(2)8-13(9-14(15)16)12-6-4-11(3)5-7-12/h4-7,10,13H,8-9H2,1-3H3,(H2,15,16). The number of rotatable bonds is 5. The molecule has 0 spiro atoms. The molecule has 2 N–H and O–H groups in total. The topological polar surface area (TPSA) is 43.1 Å². The fraction of sp³-hybridized carbons (Fsp3) is 0.500. The van der Waals surface area contributed by atoms with Crippen molar-refractivity contribution in [3.05, 3.63) is 35.4 Å². The van der Waals surface area contributed by atoms with Crippen LogP contribution in [0, 0.1) is 12.8 Å². The maximum atomic E-state index is 11.1. The van der Waals surface area contributed by atoms with E-state index in [0.29, 0.717) is 12.3 Å². The average Bonchev–Trinajstić information content (AvgIpc) is 2.16. The van der Waals surface area contributed by atoms with E-state index in [2.05, 4.69) is 45.0 Å². The number of carbonyl (C=O) groups is 1. The van der Waals surface area contributed by atoms with Gasteiger partial charge in [-0.2, -0.15) is 0 Å². The van der Waals surface area contributed by atoms with Crippen molar-refractivity contribution in [1.82, 2.24) is 0 Å². The van der Waals surface area contributed by atoms with Gasteiger partial charge in [-0.3, -0.25) is 4.79 Å². The Morgan fingerprint density at radius 2 is 1.81 bits per heavy atom. The van der Waals surface area contributed by atoms with Crippen molar-refractivity contribution >= 4 is 5.91 Å². The van der Waals surface area contributed by atoms with Gasteiger partial charge in [0.15, 0.2) is 0 Å². The molecule has 0 radical (unpaired) electrons. The molecule has 0 heterocycles. The molecule has 0 saturated carbocycles. The largest absolute Gasteiger partial charge is 0.370 e. The van der Waals surface area contributed by atoms with Crippen LogP contribution in [-0.2, 0) is 4.79 Å². The summed E-state index contributed by atoms with van der Waals surface area (Å²) in [6, 6.07) is 8.38. The van der Waals surface area contributed by atoms with Crippen LogP contribution >= 0.6 is 0 Å². The first-order valence-corrected chi connectivity index (χ1v) is 5.84. The number of amides is 1. The van der Waals surface area contributed by atoms with Crippen molar-refractivity contribution in [1.29, 1.82) is 0 Å². The number of hydrogen-bond acceptors (Lipinski definition) is 1. The van der Waals surface area contributed by atoms with Crippen LogP contribution in [0.2, 0.25) is 0 Å². The zero-order chi connectivity index (χ0) is 12.1. The molecule has 1 atom stereocenters. The molecule has 1 aromatic carbocycles. The predicted octanol–water partition coefficient (Wildman–Crippen LogP) is 3.00. The number of nitrogens with two attached hydrogens (primary N) is 1. The highest BCUT2D eigenvalue weighted by atomic mass is 16.1. The normalized spacial score (nSPS) is 12.8.